The van der Waals surface area contributed by atoms with E-state index in [0.29, 0.717) is 15.2 Å². The zero-order valence-electron chi connectivity index (χ0n) is 12.9. The monoisotopic (exact) mass is 362 g/mol. The number of aromatic nitrogens is 5. The molecule has 24 heavy (non-hydrogen) atoms. The molecule has 0 aliphatic heterocycles. The molecule has 0 spiro atoms. The van der Waals surface area contributed by atoms with Gasteiger partial charge in [0.25, 0.3) is 0 Å². The molecule has 0 radical (unpaired) electrons. The van der Waals surface area contributed by atoms with Gasteiger partial charge in [0.1, 0.15) is 0 Å². The zero-order valence-corrected chi connectivity index (χ0v) is 14.6. The number of aliphatic carboxylic acids is 1. The molecule has 0 amide bonds. The van der Waals surface area contributed by atoms with Crippen LogP contribution in [-0.4, -0.2) is 50.4 Å². The van der Waals surface area contributed by atoms with E-state index >= 15 is 0 Å². The average molecular weight is 362 g/mol. The fourth-order valence-corrected chi connectivity index (χ4v) is 3.67. The largest absolute Gasteiger partial charge is 0.481 e. The summed E-state index contributed by atoms with van der Waals surface area (Å²) in [7, 11) is 3.95. The Morgan fingerprint density at radius 3 is 2.75 bits per heavy atom. The lowest BCUT2D eigenvalue weighted by Gasteiger charge is -2.12. The van der Waals surface area contributed by atoms with E-state index in [4.69, 9.17) is 5.11 Å². The molecule has 0 atom stereocenters. The summed E-state index contributed by atoms with van der Waals surface area (Å²) in [5.41, 5.74) is 2.46. The third kappa shape index (κ3) is 3.71. The first-order valence-corrected chi connectivity index (χ1v) is 8.63. The van der Waals surface area contributed by atoms with E-state index in [-0.39, 0.29) is 6.42 Å². The molecule has 0 aliphatic rings. The van der Waals surface area contributed by atoms with Crippen LogP contribution in [-0.2, 0) is 11.2 Å². The van der Waals surface area contributed by atoms with Crippen LogP contribution in [0, 0.1) is 0 Å². The molecule has 8 nitrogen and oxygen atoms in total. The van der Waals surface area contributed by atoms with Gasteiger partial charge in [0, 0.05) is 25.2 Å². The number of thiazole rings is 1. The number of carbonyl (C=O) groups is 1. The Hall–Kier alpha value is -2.46. The van der Waals surface area contributed by atoms with E-state index in [1.165, 1.54) is 23.1 Å². The Bertz CT molecular complexity index is 843. The van der Waals surface area contributed by atoms with E-state index in [9.17, 15) is 4.79 Å². The molecule has 0 aliphatic carbocycles. The van der Waals surface area contributed by atoms with Crippen LogP contribution in [0.3, 0.4) is 0 Å². The van der Waals surface area contributed by atoms with Gasteiger partial charge >= 0.3 is 5.97 Å². The number of hydrogen-bond donors (Lipinski definition) is 1. The number of tetrazole rings is 1. The van der Waals surface area contributed by atoms with Gasteiger partial charge in [0.15, 0.2) is 4.34 Å². The molecule has 2 aromatic heterocycles. The molecular weight excluding hydrogens is 348 g/mol. The van der Waals surface area contributed by atoms with Crippen LogP contribution in [0.4, 0.5) is 5.69 Å². The SMILES string of the molecule is CN(C)c1ccc(-n2nnnc2Sc2nc(CC(=O)O)cs2)cc1. The molecule has 3 aromatic rings. The summed E-state index contributed by atoms with van der Waals surface area (Å²) in [4.78, 5) is 17.0. The summed E-state index contributed by atoms with van der Waals surface area (Å²) in [6, 6.07) is 7.85. The lowest BCUT2D eigenvalue weighted by molar-refractivity contribution is -0.136. The standard InChI is InChI=1S/C14H14N6O2S2/c1-19(2)10-3-5-11(6-4-10)20-13(16-17-18-20)24-14-15-9(8-23-14)7-12(21)22/h3-6,8H,7H2,1-2H3,(H,21,22). The first-order valence-electron chi connectivity index (χ1n) is 6.93. The molecule has 0 bridgehead atoms. The highest BCUT2D eigenvalue weighted by molar-refractivity contribution is 8.00. The quantitative estimate of drug-likeness (QED) is 0.711. The normalized spacial score (nSPS) is 10.8. The number of benzene rings is 1. The number of hydrogen-bond acceptors (Lipinski definition) is 8. The van der Waals surface area contributed by atoms with Crippen molar-refractivity contribution in [1.29, 1.82) is 0 Å². The Morgan fingerprint density at radius 1 is 1.33 bits per heavy atom. The van der Waals surface area contributed by atoms with Crippen molar-refractivity contribution in [3.05, 3.63) is 35.3 Å². The van der Waals surface area contributed by atoms with Crippen molar-refractivity contribution >= 4 is 34.8 Å². The van der Waals surface area contributed by atoms with Crippen molar-refractivity contribution in [2.24, 2.45) is 0 Å². The second kappa shape index (κ2) is 6.97. The van der Waals surface area contributed by atoms with Crippen molar-refractivity contribution in [3.63, 3.8) is 0 Å². The van der Waals surface area contributed by atoms with E-state index in [1.54, 1.807) is 10.1 Å². The first-order chi connectivity index (χ1) is 11.5. The Morgan fingerprint density at radius 2 is 2.08 bits per heavy atom. The van der Waals surface area contributed by atoms with Crippen LogP contribution in [0.2, 0.25) is 0 Å². The fraction of sp³-hybridized carbons (Fsp3) is 0.214. The van der Waals surface area contributed by atoms with Gasteiger partial charge < -0.3 is 10.0 Å². The summed E-state index contributed by atoms with van der Waals surface area (Å²) < 4.78 is 2.33. The summed E-state index contributed by atoms with van der Waals surface area (Å²) in [5.74, 6) is -0.900. The Labute approximate surface area is 146 Å². The maximum absolute atomic E-state index is 10.7. The van der Waals surface area contributed by atoms with Crippen LogP contribution in [0.15, 0.2) is 39.1 Å². The van der Waals surface area contributed by atoms with Gasteiger partial charge in [-0.05, 0) is 46.5 Å². The van der Waals surface area contributed by atoms with Crippen LogP contribution in [0.1, 0.15) is 5.69 Å². The molecule has 124 valence electrons. The Kier molecular flexibility index (Phi) is 4.76. The van der Waals surface area contributed by atoms with Gasteiger partial charge in [-0.25, -0.2) is 4.98 Å². The molecule has 0 saturated heterocycles. The van der Waals surface area contributed by atoms with Gasteiger partial charge in [-0.2, -0.15) is 4.68 Å². The topological polar surface area (TPSA) is 97.0 Å². The molecular formula is C14H14N6O2S2. The van der Waals surface area contributed by atoms with E-state index < -0.39 is 5.97 Å². The maximum Gasteiger partial charge on any atom is 0.309 e. The molecule has 2 heterocycles. The van der Waals surface area contributed by atoms with Crippen molar-refractivity contribution in [2.45, 2.75) is 15.9 Å². The van der Waals surface area contributed by atoms with Gasteiger partial charge in [-0.1, -0.05) is 0 Å². The molecule has 3 rings (SSSR count). The van der Waals surface area contributed by atoms with Crippen molar-refractivity contribution in [1.82, 2.24) is 25.2 Å². The van der Waals surface area contributed by atoms with E-state index in [0.717, 1.165) is 11.4 Å². The number of nitrogens with zero attached hydrogens (tertiary/aromatic N) is 6. The Balaban J connectivity index is 1.80. The second-order valence-electron chi connectivity index (χ2n) is 5.06. The van der Waals surface area contributed by atoms with E-state index in [2.05, 4.69) is 20.5 Å². The molecule has 0 saturated carbocycles. The fourth-order valence-electron chi connectivity index (χ4n) is 1.95. The van der Waals surface area contributed by atoms with Crippen molar-refractivity contribution in [3.8, 4) is 5.69 Å². The average Bonchev–Trinajstić information content (AvgIpc) is 3.17. The van der Waals surface area contributed by atoms with Gasteiger partial charge in [0.2, 0.25) is 5.16 Å². The highest BCUT2D eigenvalue weighted by Crippen LogP contribution is 2.30. The van der Waals surface area contributed by atoms with Gasteiger partial charge in [-0.15, -0.1) is 16.4 Å². The van der Waals surface area contributed by atoms with Gasteiger partial charge in [0.05, 0.1) is 17.8 Å². The smallest absolute Gasteiger partial charge is 0.309 e. The highest BCUT2D eigenvalue weighted by Gasteiger charge is 2.14. The van der Waals surface area contributed by atoms with Crippen molar-refractivity contribution < 1.29 is 9.90 Å². The maximum atomic E-state index is 10.7. The molecule has 1 N–H and O–H groups in total. The summed E-state index contributed by atoms with van der Waals surface area (Å²) in [6.07, 6.45) is -0.0893. The predicted octanol–water partition coefficient (Wildman–Crippen LogP) is 1.96. The second-order valence-corrected chi connectivity index (χ2v) is 7.13. The summed E-state index contributed by atoms with van der Waals surface area (Å²) in [6.45, 7) is 0. The number of anilines is 1. The van der Waals surface area contributed by atoms with Crippen LogP contribution < -0.4 is 4.90 Å². The van der Waals surface area contributed by atoms with Crippen molar-refractivity contribution in [2.75, 3.05) is 19.0 Å². The van der Waals surface area contributed by atoms with E-state index in [1.807, 2.05) is 43.3 Å². The molecule has 1 aromatic carbocycles. The number of carboxylic acids is 1. The van der Waals surface area contributed by atoms with Crippen LogP contribution in [0.5, 0.6) is 0 Å². The summed E-state index contributed by atoms with van der Waals surface area (Å²) in [5, 5.41) is 22.9. The first kappa shape index (κ1) is 16.4. The van der Waals surface area contributed by atoms with Crippen LogP contribution in [0.25, 0.3) is 5.69 Å². The predicted molar refractivity (Wildman–Crippen MR) is 91.1 cm³/mol. The molecule has 10 heteroatoms. The zero-order chi connectivity index (χ0) is 17.1. The van der Waals surface area contributed by atoms with Crippen LogP contribution >= 0.6 is 23.1 Å². The minimum absolute atomic E-state index is 0.0893. The van der Waals surface area contributed by atoms with Gasteiger partial charge in [-0.3, -0.25) is 4.79 Å². The summed E-state index contributed by atoms with van der Waals surface area (Å²) >= 11 is 2.68. The third-order valence-corrected chi connectivity index (χ3v) is 5.02. The highest BCUT2D eigenvalue weighted by atomic mass is 32.2. The lowest BCUT2D eigenvalue weighted by atomic mass is 10.3. The number of carboxylic acid groups (broad SMARTS) is 1. The minimum Gasteiger partial charge on any atom is -0.481 e. The minimum atomic E-state index is -0.900. The lowest BCUT2D eigenvalue weighted by Crippen LogP contribution is -2.08. The third-order valence-electron chi connectivity index (χ3n) is 3.09. The number of rotatable bonds is 6. The molecule has 0 fully saturated rings. The molecule has 0 unspecified atom stereocenters.